The molecular weight excluding hydrogens is 292 g/mol. The predicted molar refractivity (Wildman–Crippen MR) is 86.8 cm³/mol. The minimum absolute atomic E-state index is 0.176. The Balaban J connectivity index is 1.76. The molecule has 23 heavy (non-hydrogen) atoms. The van der Waals surface area contributed by atoms with E-state index in [1.54, 1.807) is 6.92 Å². The molecule has 6 nitrogen and oxygen atoms in total. The molecule has 1 aromatic heterocycles. The van der Waals surface area contributed by atoms with Crippen molar-refractivity contribution in [3.8, 4) is 5.69 Å². The number of nitrogens with zero attached hydrogens (tertiary/aromatic N) is 3. The van der Waals surface area contributed by atoms with E-state index in [1.165, 1.54) is 10.4 Å². The van der Waals surface area contributed by atoms with Gasteiger partial charge < -0.3 is 10.1 Å². The molecule has 6 heteroatoms. The van der Waals surface area contributed by atoms with Crippen LogP contribution in [0.4, 0.5) is 0 Å². The first-order valence-corrected chi connectivity index (χ1v) is 7.92. The van der Waals surface area contributed by atoms with Gasteiger partial charge in [-0.05, 0) is 38.8 Å². The summed E-state index contributed by atoms with van der Waals surface area (Å²) in [4.78, 5) is 13.9. The van der Waals surface area contributed by atoms with Gasteiger partial charge in [-0.1, -0.05) is 17.7 Å². The number of carbonyl (C=O) groups is 1. The zero-order valence-electron chi connectivity index (χ0n) is 13.8. The highest BCUT2D eigenvalue weighted by molar-refractivity contribution is 5.93. The van der Waals surface area contributed by atoms with Crippen molar-refractivity contribution in [1.82, 2.24) is 20.3 Å². The number of carbonyl (C=O) groups excluding carboxylic acids is 1. The topological polar surface area (TPSA) is 69.0 Å². The third-order valence-corrected chi connectivity index (χ3v) is 4.14. The molecule has 3 rings (SSSR count). The Bertz CT molecular complexity index is 717. The average molecular weight is 314 g/mol. The Morgan fingerprint density at radius 3 is 2.87 bits per heavy atom. The molecule has 0 saturated carbocycles. The second-order valence-electron chi connectivity index (χ2n) is 6.15. The molecule has 2 aromatic rings. The molecule has 0 radical (unpaired) electrons. The summed E-state index contributed by atoms with van der Waals surface area (Å²) in [6.45, 7) is 7.98. The fourth-order valence-corrected chi connectivity index (χ4v) is 2.79. The Morgan fingerprint density at radius 2 is 2.17 bits per heavy atom. The van der Waals surface area contributed by atoms with Crippen LogP contribution in [0.2, 0.25) is 0 Å². The normalized spacial score (nSPS) is 17.4. The zero-order valence-corrected chi connectivity index (χ0v) is 13.8. The van der Waals surface area contributed by atoms with Crippen LogP contribution in [0, 0.1) is 26.7 Å². The molecule has 1 fully saturated rings. The zero-order chi connectivity index (χ0) is 16.4. The van der Waals surface area contributed by atoms with Crippen LogP contribution in [0.15, 0.2) is 18.2 Å². The van der Waals surface area contributed by atoms with Gasteiger partial charge >= 0.3 is 0 Å². The van der Waals surface area contributed by atoms with Crippen molar-refractivity contribution in [2.75, 3.05) is 19.8 Å². The number of benzene rings is 1. The van der Waals surface area contributed by atoms with Crippen LogP contribution in [-0.4, -0.2) is 40.7 Å². The SMILES string of the molecule is Cc1ccc(-n2nc(C)c(C(=O)NC[C@@H]3CCOC3)n2)c(C)c1. The summed E-state index contributed by atoms with van der Waals surface area (Å²) >= 11 is 0. The molecule has 122 valence electrons. The molecular formula is C17H22N4O2. The molecule has 1 atom stereocenters. The second kappa shape index (κ2) is 6.50. The van der Waals surface area contributed by atoms with Crippen LogP contribution >= 0.6 is 0 Å². The molecule has 1 saturated heterocycles. The van der Waals surface area contributed by atoms with Crippen molar-refractivity contribution in [2.24, 2.45) is 5.92 Å². The van der Waals surface area contributed by atoms with Crippen molar-refractivity contribution in [3.63, 3.8) is 0 Å². The molecule has 0 bridgehead atoms. The largest absolute Gasteiger partial charge is 0.381 e. The number of hydrogen-bond acceptors (Lipinski definition) is 4. The monoisotopic (exact) mass is 314 g/mol. The number of rotatable bonds is 4. The quantitative estimate of drug-likeness (QED) is 0.936. The van der Waals surface area contributed by atoms with E-state index in [9.17, 15) is 4.79 Å². The van der Waals surface area contributed by atoms with Gasteiger partial charge in [-0.3, -0.25) is 4.79 Å². The highest BCUT2D eigenvalue weighted by atomic mass is 16.5. The maximum atomic E-state index is 12.3. The number of hydrogen-bond donors (Lipinski definition) is 1. The van der Waals surface area contributed by atoms with Crippen molar-refractivity contribution >= 4 is 5.91 Å². The maximum Gasteiger partial charge on any atom is 0.273 e. The summed E-state index contributed by atoms with van der Waals surface area (Å²) in [5.74, 6) is 0.221. The van der Waals surface area contributed by atoms with E-state index in [1.807, 2.05) is 26.0 Å². The van der Waals surface area contributed by atoms with Gasteiger partial charge in [0, 0.05) is 19.1 Å². The fourth-order valence-electron chi connectivity index (χ4n) is 2.79. The number of aromatic nitrogens is 3. The predicted octanol–water partition coefficient (Wildman–Crippen LogP) is 1.96. The summed E-state index contributed by atoms with van der Waals surface area (Å²) in [7, 11) is 0. The van der Waals surface area contributed by atoms with E-state index in [0.717, 1.165) is 24.3 Å². The highest BCUT2D eigenvalue weighted by Gasteiger charge is 2.20. The number of amides is 1. The molecule has 0 spiro atoms. The molecule has 1 aromatic carbocycles. The number of aryl methyl sites for hydroxylation is 3. The first kappa shape index (κ1) is 15.7. The van der Waals surface area contributed by atoms with Gasteiger partial charge in [0.05, 0.1) is 18.0 Å². The van der Waals surface area contributed by atoms with Crippen molar-refractivity contribution < 1.29 is 9.53 Å². The summed E-state index contributed by atoms with van der Waals surface area (Å²) in [5.41, 5.74) is 4.16. The lowest BCUT2D eigenvalue weighted by Gasteiger charge is -2.08. The van der Waals surface area contributed by atoms with E-state index in [4.69, 9.17) is 4.74 Å². The van der Waals surface area contributed by atoms with Gasteiger partial charge in [0.1, 0.15) is 0 Å². The lowest BCUT2D eigenvalue weighted by Crippen LogP contribution is -2.30. The van der Waals surface area contributed by atoms with Gasteiger partial charge in [-0.15, -0.1) is 5.10 Å². The van der Waals surface area contributed by atoms with Gasteiger partial charge in [0.15, 0.2) is 5.69 Å². The molecule has 1 aliphatic rings. The fraction of sp³-hybridized carbons (Fsp3) is 0.471. The Hall–Kier alpha value is -2.21. The Kier molecular flexibility index (Phi) is 4.43. The summed E-state index contributed by atoms with van der Waals surface area (Å²) in [6, 6.07) is 6.07. The minimum atomic E-state index is -0.176. The Morgan fingerprint density at radius 1 is 1.35 bits per heavy atom. The molecule has 1 aliphatic heterocycles. The van der Waals surface area contributed by atoms with E-state index >= 15 is 0 Å². The Labute approximate surface area is 135 Å². The van der Waals surface area contributed by atoms with Crippen LogP contribution in [0.25, 0.3) is 5.69 Å². The van der Waals surface area contributed by atoms with Crippen molar-refractivity contribution in [1.29, 1.82) is 0 Å². The second-order valence-corrected chi connectivity index (χ2v) is 6.15. The maximum absolute atomic E-state index is 12.3. The van der Waals surface area contributed by atoms with E-state index in [-0.39, 0.29) is 5.91 Å². The van der Waals surface area contributed by atoms with Gasteiger partial charge in [0.25, 0.3) is 5.91 Å². The molecule has 0 unspecified atom stereocenters. The third kappa shape index (κ3) is 3.42. The van der Waals surface area contributed by atoms with E-state index in [2.05, 4.69) is 21.6 Å². The van der Waals surface area contributed by atoms with Crippen LogP contribution in [0.1, 0.15) is 33.7 Å². The first-order valence-electron chi connectivity index (χ1n) is 7.92. The van der Waals surface area contributed by atoms with E-state index in [0.29, 0.717) is 30.5 Å². The van der Waals surface area contributed by atoms with Crippen LogP contribution in [-0.2, 0) is 4.74 Å². The summed E-state index contributed by atoms with van der Waals surface area (Å²) in [5, 5.41) is 11.7. The van der Waals surface area contributed by atoms with Crippen LogP contribution < -0.4 is 5.32 Å². The number of ether oxygens (including phenoxy) is 1. The minimum Gasteiger partial charge on any atom is -0.381 e. The first-order chi connectivity index (χ1) is 11.0. The lowest BCUT2D eigenvalue weighted by atomic mass is 10.1. The van der Waals surface area contributed by atoms with Crippen molar-refractivity contribution in [3.05, 3.63) is 40.7 Å². The molecule has 1 N–H and O–H groups in total. The molecule has 0 aliphatic carbocycles. The van der Waals surface area contributed by atoms with Gasteiger partial charge in [-0.2, -0.15) is 9.90 Å². The lowest BCUT2D eigenvalue weighted by molar-refractivity contribution is 0.0939. The third-order valence-electron chi connectivity index (χ3n) is 4.14. The van der Waals surface area contributed by atoms with Gasteiger partial charge in [0.2, 0.25) is 0 Å². The highest BCUT2D eigenvalue weighted by Crippen LogP contribution is 2.15. The van der Waals surface area contributed by atoms with Crippen molar-refractivity contribution in [2.45, 2.75) is 27.2 Å². The molecule has 1 amide bonds. The number of nitrogens with one attached hydrogen (secondary N) is 1. The van der Waals surface area contributed by atoms with E-state index < -0.39 is 0 Å². The standard InChI is InChI=1S/C17H22N4O2/c1-11-4-5-15(12(2)8-11)21-19-13(3)16(20-21)17(22)18-9-14-6-7-23-10-14/h4-5,8,14H,6-7,9-10H2,1-3H3,(H,18,22)/t14-/m0/s1. The van der Waals surface area contributed by atoms with Gasteiger partial charge in [-0.25, -0.2) is 0 Å². The average Bonchev–Trinajstić information content (AvgIpc) is 3.14. The summed E-state index contributed by atoms with van der Waals surface area (Å²) in [6.07, 6.45) is 0.995. The smallest absolute Gasteiger partial charge is 0.273 e. The summed E-state index contributed by atoms with van der Waals surface area (Å²) < 4.78 is 5.32. The van der Waals surface area contributed by atoms with Crippen LogP contribution in [0.3, 0.4) is 0 Å². The molecule has 2 heterocycles. The van der Waals surface area contributed by atoms with Crippen LogP contribution in [0.5, 0.6) is 0 Å².